The first kappa shape index (κ1) is 33.0. The summed E-state index contributed by atoms with van der Waals surface area (Å²) in [4.78, 5) is 74.9. The van der Waals surface area contributed by atoms with Crippen LogP contribution in [0.1, 0.15) is 45.4 Å². The smallest absolute Gasteiger partial charge is 0.326 e. The third-order valence-corrected chi connectivity index (χ3v) is 4.94. The number of hydrogen-bond acceptors (Lipinski definition) is 9. The van der Waals surface area contributed by atoms with Crippen molar-refractivity contribution in [3.05, 3.63) is 0 Å². The highest BCUT2D eigenvalue weighted by Gasteiger charge is 2.31. The van der Waals surface area contributed by atoms with Crippen molar-refractivity contribution in [2.24, 2.45) is 22.2 Å². The summed E-state index contributed by atoms with van der Waals surface area (Å²) in [5.74, 6) is -7.19. The van der Waals surface area contributed by atoms with Gasteiger partial charge in [0.1, 0.15) is 24.2 Å². The number of hydrogen-bond donors (Lipinski definition) is 10. The van der Waals surface area contributed by atoms with Crippen molar-refractivity contribution in [3.63, 3.8) is 0 Å². The number of amides is 3. The summed E-state index contributed by atoms with van der Waals surface area (Å²) in [6.45, 7) is 1.28. The second-order valence-corrected chi connectivity index (χ2v) is 8.10. The molecular formula is C20H35N7O10. The quantitative estimate of drug-likeness (QED) is 0.0457. The number of guanidine groups is 1. The molecule has 3 amide bonds. The summed E-state index contributed by atoms with van der Waals surface area (Å²) in [6.07, 6.45) is -3.16. The largest absolute Gasteiger partial charge is 0.481 e. The average molecular weight is 534 g/mol. The van der Waals surface area contributed by atoms with Gasteiger partial charge < -0.3 is 53.6 Å². The van der Waals surface area contributed by atoms with E-state index in [1.807, 2.05) is 0 Å². The number of nitrogens with two attached hydrogens (primary N) is 3. The SMILES string of the molecule is CC(O)C(N)C(=O)NC(CCC(=O)O)C(=O)NC(CCCN=C(N)N)C(=O)NC(CCC(=O)O)C(=O)O. The van der Waals surface area contributed by atoms with E-state index in [9.17, 15) is 39.0 Å². The van der Waals surface area contributed by atoms with Crippen molar-refractivity contribution in [2.45, 2.75) is 75.7 Å². The van der Waals surface area contributed by atoms with Gasteiger partial charge in [0.05, 0.1) is 6.10 Å². The van der Waals surface area contributed by atoms with Gasteiger partial charge in [0, 0.05) is 19.4 Å². The van der Waals surface area contributed by atoms with E-state index in [4.69, 9.17) is 27.4 Å². The van der Waals surface area contributed by atoms with Crippen LogP contribution in [0.4, 0.5) is 0 Å². The zero-order chi connectivity index (χ0) is 28.7. The molecule has 0 radical (unpaired) electrons. The number of aliphatic hydroxyl groups is 1. The highest BCUT2D eigenvalue weighted by Crippen LogP contribution is 2.06. The molecule has 0 spiro atoms. The minimum absolute atomic E-state index is 0.0474. The lowest BCUT2D eigenvalue weighted by Gasteiger charge is -2.25. The van der Waals surface area contributed by atoms with Gasteiger partial charge in [-0.25, -0.2) is 4.79 Å². The summed E-state index contributed by atoms with van der Waals surface area (Å²) in [7, 11) is 0. The maximum Gasteiger partial charge on any atom is 0.326 e. The molecule has 0 rings (SSSR count). The van der Waals surface area contributed by atoms with Crippen molar-refractivity contribution < 1.29 is 49.2 Å². The Kier molecular flexibility index (Phi) is 14.8. The molecule has 0 fully saturated rings. The molecule has 0 aliphatic carbocycles. The van der Waals surface area contributed by atoms with Gasteiger partial charge in [-0.05, 0) is 32.6 Å². The number of nitrogens with one attached hydrogen (secondary N) is 3. The van der Waals surface area contributed by atoms with Crippen molar-refractivity contribution in [3.8, 4) is 0 Å². The first-order chi connectivity index (χ1) is 17.1. The molecule has 0 aromatic rings. The number of nitrogens with zero attached hydrogens (tertiary/aromatic N) is 1. The van der Waals surface area contributed by atoms with Crippen LogP contribution >= 0.6 is 0 Å². The molecule has 0 bridgehead atoms. The van der Waals surface area contributed by atoms with Crippen LogP contribution in [0.25, 0.3) is 0 Å². The van der Waals surface area contributed by atoms with Gasteiger partial charge in [-0.2, -0.15) is 0 Å². The first-order valence-electron chi connectivity index (χ1n) is 11.2. The lowest BCUT2D eigenvalue weighted by Crippen LogP contribution is -2.58. The van der Waals surface area contributed by atoms with Gasteiger partial charge >= 0.3 is 17.9 Å². The Balaban J connectivity index is 5.72. The van der Waals surface area contributed by atoms with Crippen LogP contribution in [0, 0.1) is 0 Å². The molecule has 13 N–H and O–H groups in total. The summed E-state index contributed by atoms with van der Waals surface area (Å²) < 4.78 is 0. The minimum atomic E-state index is -1.58. The van der Waals surface area contributed by atoms with Gasteiger partial charge in [-0.15, -0.1) is 0 Å². The van der Waals surface area contributed by atoms with Crippen LogP contribution in [-0.2, 0) is 28.8 Å². The molecule has 0 saturated heterocycles. The van der Waals surface area contributed by atoms with Gasteiger partial charge in [-0.3, -0.25) is 29.0 Å². The van der Waals surface area contributed by atoms with Crippen LogP contribution < -0.4 is 33.2 Å². The molecule has 0 aromatic carbocycles. The Hall–Kier alpha value is -3.99. The third-order valence-electron chi connectivity index (χ3n) is 4.94. The second kappa shape index (κ2) is 16.6. The third kappa shape index (κ3) is 14.2. The van der Waals surface area contributed by atoms with E-state index in [1.54, 1.807) is 0 Å². The number of carbonyl (C=O) groups is 6. The highest BCUT2D eigenvalue weighted by atomic mass is 16.4. The Morgan fingerprint density at radius 1 is 0.757 bits per heavy atom. The second-order valence-electron chi connectivity index (χ2n) is 8.10. The fourth-order valence-electron chi connectivity index (χ4n) is 2.87. The molecule has 210 valence electrons. The predicted molar refractivity (Wildman–Crippen MR) is 127 cm³/mol. The van der Waals surface area contributed by atoms with E-state index in [0.717, 1.165) is 0 Å². The minimum Gasteiger partial charge on any atom is -0.481 e. The van der Waals surface area contributed by atoms with Gasteiger partial charge in [0.25, 0.3) is 0 Å². The maximum atomic E-state index is 12.9. The number of carboxylic acid groups (broad SMARTS) is 3. The number of aliphatic carboxylic acids is 3. The summed E-state index contributed by atoms with van der Waals surface area (Å²) in [5, 5.41) is 43.3. The molecule has 0 saturated carbocycles. The van der Waals surface area contributed by atoms with Crippen LogP contribution in [0.2, 0.25) is 0 Å². The van der Waals surface area contributed by atoms with Crippen molar-refractivity contribution >= 4 is 41.6 Å². The van der Waals surface area contributed by atoms with E-state index >= 15 is 0 Å². The predicted octanol–water partition coefficient (Wildman–Crippen LogP) is -3.98. The first-order valence-corrected chi connectivity index (χ1v) is 11.2. The molecule has 0 aliphatic rings. The number of aliphatic hydroxyl groups excluding tert-OH is 1. The van der Waals surface area contributed by atoms with E-state index < -0.39 is 91.6 Å². The molecule has 17 nitrogen and oxygen atoms in total. The molecule has 5 unspecified atom stereocenters. The van der Waals surface area contributed by atoms with E-state index in [1.165, 1.54) is 6.92 Å². The topological polar surface area (TPSA) is 310 Å². The standard InChI is InChI=1S/C20H35N7O10/c1-9(28)15(21)18(35)26-11(4-6-13(29)30)17(34)25-10(3-2-8-24-20(22)23)16(33)27-12(19(36)37)5-7-14(31)32/h9-12,15,28H,2-8,21H2,1H3,(H,25,34)(H,26,35)(H,27,33)(H,29,30)(H,31,32)(H,36,37)(H4,22,23,24). The van der Waals surface area contributed by atoms with Gasteiger partial charge in [0.2, 0.25) is 17.7 Å². The van der Waals surface area contributed by atoms with Crippen LogP contribution in [0.15, 0.2) is 4.99 Å². The summed E-state index contributed by atoms with van der Waals surface area (Å²) >= 11 is 0. The molecule has 17 heteroatoms. The lowest BCUT2D eigenvalue weighted by atomic mass is 10.1. The highest BCUT2D eigenvalue weighted by molar-refractivity contribution is 5.94. The van der Waals surface area contributed by atoms with Crippen molar-refractivity contribution in [1.82, 2.24) is 16.0 Å². The zero-order valence-corrected chi connectivity index (χ0v) is 20.3. The fourth-order valence-corrected chi connectivity index (χ4v) is 2.87. The monoisotopic (exact) mass is 533 g/mol. The average Bonchev–Trinajstić information content (AvgIpc) is 2.79. The molecular weight excluding hydrogens is 498 g/mol. The normalized spacial score (nSPS) is 14.7. The van der Waals surface area contributed by atoms with E-state index in [0.29, 0.717) is 0 Å². The zero-order valence-electron chi connectivity index (χ0n) is 20.3. The number of carbonyl (C=O) groups excluding carboxylic acids is 3. The van der Waals surface area contributed by atoms with Gasteiger partial charge in [-0.1, -0.05) is 0 Å². The van der Waals surface area contributed by atoms with Crippen LogP contribution in [0.3, 0.4) is 0 Å². The van der Waals surface area contributed by atoms with Gasteiger partial charge in [0.15, 0.2) is 5.96 Å². The van der Waals surface area contributed by atoms with Crippen molar-refractivity contribution in [2.75, 3.05) is 6.54 Å². The molecule has 0 heterocycles. The number of aliphatic imine (C=N–C) groups is 1. The molecule has 5 atom stereocenters. The van der Waals surface area contributed by atoms with Crippen LogP contribution in [-0.4, -0.2) is 98.8 Å². The molecule has 0 aliphatic heterocycles. The van der Waals surface area contributed by atoms with E-state index in [-0.39, 0.29) is 25.3 Å². The summed E-state index contributed by atoms with van der Waals surface area (Å²) in [6, 6.07) is -5.86. The fraction of sp³-hybridized carbons (Fsp3) is 0.650. The maximum absolute atomic E-state index is 12.9. The Morgan fingerprint density at radius 2 is 1.19 bits per heavy atom. The Labute approximate surface area is 211 Å². The molecule has 37 heavy (non-hydrogen) atoms. The Morgan fingerprint density at radius 3 is 1.62 bits per heavy atom. The van der Waals surface area contributed by atoms with Crippen LogP contribution in [0.5, 0.6) is 0 Å². The number of carboxylic acids is 3. The summed E-state index contributed by atoms with van der Waals surface area (Å²) in [5.41, 5.74) is 16.0. The molecule has 0 aromatic heterocycles. The number of rotatable bonds is 18. The lowest BCUT2D eigenvalue weighted by molar-refractivity contribution is -0.143. The van der Waals surface area contributed by atoms with E-state index in [2.05, 4.69) is 20.9 Å². The Bertz CT molecular complexity index is 860. The van der Waals surface area contributed by atoms with Crippen molar-refractivity contribution in [1.29, 1.82) is 0 Å².